The van der Waals surface area contributed by atoms with Gasteiger partial charge in [-0.1, -0.05) is 28.1 Å². The second-order valence-electron chi connectivity index (χ2n) is 3.69. The van der Waals surface area contributed by atoms with Crippen molar-refractivity contribution in [3.63, 3.8) is 0 Å². The van der Waals surface area contributed by atoms with E-state index in [9.17, 15) is 4.39 Å². The molecular formula is C13H10BrFN2S. The largest absolute Gasteiger partial charge is 0.389 e. The first kappa shape index (κ1) is 13.0. The van der Waals surface area contributed by atoms with E-state index in [4.69, 9.17) is 18.0 Å². The van der Waals surface area contributed by atoms with Gasteiger partial charge in [0, 0.05) is 21.4 Å². The van der Waals surface area contributed by atoms with Crippen LogP contribution in [0, 0.1) is 5.82 Å². The molecular weight excluding hydrogens is 315 g/mol. The lowest BCUT2D eigenvalue weighted by Crippen LogP contribution is -2.11. The molecule has 0 amide bonds. The number of benzene rings is 2. The summed E-state index contributed by atoms with van der Waals surface area (Å²) in [7, 11) is 0. The topological polar surface area (TPSA) is 38.0 Å². The van der Waals surface area contributed by atoms with Gasteiger partial charge in [0.25, 0.3) is 0 Å². The maximum absolute atomic E-state index is 12.8. The Balaban J connectivity index is 2.35. The van der Waals surface area contributed by atoms with Gasteiger partial charge in [-0.2, -0.15) is 0 Å². The van der Waals surface area contributed by atoms with Gasteiger partial charge in [0.2, 0.25) is 0 Å². The van der Waals surface area contributed by atoms with E-state index in [1.807, 2.05) is 18.2 Å². The molecule has 0 aliphatic heterocycles. The lowest BCUT2D eigenvalue weighted by atomic mass is 10.1. The summed E-state index contributed by atoms with van der Waals surface area (Å²) in [6.07, 6.45) is 0. The zero-order chi connectivity index (χ0) is 13.1. The summed E-state index contributed by atoms with van der Waals surface area (Å²) in [5, 5.41) is 3.16. The minimum atomic E-state index is -0.274. The van der Waals surface area contributed by atoms with Gasteiger partial charge in [0.05, 0.1) is 0 Å². The molecule has 0 fully saturated rings. The van der Waals surface area contributed by atoms with Gasteiger partial charge in [-0.3, -0.25) is 0 Å². The number of thiocarbonyl (C=S) groups is 1. The third kappa shape index (κ3) is 3.05. The zero-order valence-electron chi connectivity index (χ0n) is 9.28. The van der Waals surface area contributed by atoms with Gasteiger partial charge in [-0.25, -0.2) is 4.39 Å². The van der Waals surface area contributed by atoms with Crippen molar-refractivity contribution in [3.05, 3.63) is 58.3 Å². The molecule has 2 rings (SSSR count). The Morgan fingerprint density at radius 1 is 1.17 bits per heavy atom. The van der Waals surface area contributed by atoms with E-state index in [1.54, 1.807) is 12.1 Å². The number of nitrogens with one attached hydrogen (secondary N) is 1. The summed E-state index contributed by atoms with van der Waals surface area (Å²) in [5.41, 5.74) is 7.96. The van der Waals surface area contributed by atoms with Crippen molar-refractivity contribution >= 4 is 44.5 Å². The highest BCUT2D eigenvalue weighted by Gasteiger charge is 2.06. The van der Waals surface area contributed by atoms with Crippen LogP contribution in [0.3, 0.4) is 0 Å². The van der Waals surface area contributed by atoms with Crippen LogP contribution in [0.25, 0.3) is 0 Å². The molecule has 0 aliphatic rings. The Bertz CT molecular complexity index is 584. The maximum Gasteiger partial charge on any atom is 0.123 e. The number of hydrogen-bond donors (Lipinski definition) is 2. The molecule has 5 heteroatoms. The number of anilines is 2. The van der Waals surface area contributed by atoms with Crippen LogP contribution in [0.4, 0.5) is 15.8 Å². The molecule has 3 N–H and O–H groups in total. The van der Waals surface area contributed by atoms with Crippen molar-refractivity contribution in [1.82, 2.24) is 0 Å². The van der Waals surface area contributed by atoms with Gasteiger partial charge < -0.3 is 11.1 Å². The van der Waals surface area contributed by atoms with Crippen molar-refractivity contribution in [3.8, 4) is 0 Å². The number of rotatable bonds is 3. The van der Waals surface area contributed by atoms with Crippen LogP contribution < -0.4 is 11.1 Å². The van der Waals surface area contributed by atoms with Crippen molar-refractivity contribution in [2.45, 2.75) is 0 Å². The van der Waals surface area contributed by atoms with Crippen molar-refractivity contribution in [1.29, 1.82) is 0 Å². The number of halogens is 2. The summed E-state index contributed by atoms with van der Waals surface area (Å²) in [4.78, 5) is 0.312. The van der Waals surface area contributed by atoms with Gasteiger partial charge in [0.15, 0.2) is 0 Å². The fraction of sp³-hybridized carbons (Fsp3) is 0. The maximum atomic E-state index is 12.8. The van der Waals surface area contributed by atoms with E-state index in [0.717, 1.165) is 21.4 Å². The van der Waals surface area contributed by atoms with Crippen LogP contribution in [0.5, 0.6) is 0 Å². The van der Waals surface area contributed by atoms with E-state index < -0.39 is 0 Å². The van der Waals surface area contributed by atoms with Crippen LogP contribution in [0.2, 0.25) is 0 Å². The average Bonchev–Trinajstić information content (AvgIpc) is 2.32. The summed E-state index contributed by atoms with van der Waals surface area (Å²) < 4.78 is 13.7. The van der Waals surface area contributed by atoms with Crippen LogP contribution in [-0.2, 0) is 0 Å². The molecule has 92 valence electrons. The van der Waals surface area contributed by atoms with E-state index in [0.29, 0.717) is 4.99 Å². The molecule has 0 unspecified atom stereocenters. The molecule has 0 radical (unpaired) electrons. The smallest absolute Gasteiger partial charge is 0.123 e. The molecule has 0 saturated carbocycles. The second kappa shape index (κ2) is 5.46. The number of hydrogen-bond acceptors (Lipinski definition) is 2. The van der Waals surface area contributed by atoms with Gasteiger partial charge >= 0.3 is 0 Å². The highest BCUT2D eigenvalue weighted by Crippen LogP contribution is 2.25. The SMILES string of the molecule is NC(=S)c1ccc(Br)cc1Nc1ccc(F)cc1. The monoisotopic (exact) mass is 324 g/mol. The molecule has 0 heterocycles. The third-order valence-electron chi connectivity index (χ3n) is 2.37. The Morgan fingerprint density at radius 3 is 2.44 bits per heavy atom. The Hall–Kier alpha value is -1.46. The van der Waals surface area contributed by atoms with E-state index in [-0.39, 0.29) is 5.82 Å². The standard InChI is InChI=1S/C13H10BrFN2S/c14-8-1-6-11(13(16)18)12(7-8)17-10-4-2-9(15)3-5-10/h1-7,17H,(H2,16,18). The highest BCUT2D eigenvalue weighted by atomic mass is 79.9. The predicted octanol–water partition coefficient (Wildman–Crippen LogP) is 3.97. The van der Waals surface area contributed by atoms with Gasteiger partial charge in [-0.15, -0.1) is 0 Å². The molecule has 0 atom stereocenters. The lowest BCUT2D eigenvalue weighted by Gasteiger charge is -2.11. The predicted molar refractivity (Wildman–Crippen MR) is 79.7 cm³/mol. The fourth-order valence-corrected chi connectivity index (χ4v) is 2.06. The summed E-state index contributed by atoms with van der Waals surface area (Å²) >= 11 is 8.38. The van der Waals surface area contributed by atoms with Crippen LogP contribution in [-0.4, -0.2) is 4.99 Å². The normalized spacial score (nSPS) is 10.1. The molecule has 2 nitrogen and oxygen atoms in total. The van der Waals surface area contributed by atoms with Crippen LogP contribution >= 0.6 is 28.1 Å². The average molecular weight is 325 g/mol. The summed E-state index contributed by atoms with van der Waals surface area (Å²) in [6, 6.07) is 11.7. The van der Waals surface area contributed by atoms with E-state index >= 15 is 0 Å². The second-order valence-corrected chi connectivity index (χ2v) is 5.04. The molecule has 2 aromatic carbocycles. The molecule has 18 heavy (non-hydrogen) atoms. The van der Waals surface area contributed by atoms with Crippen LogP contribution in [0.15, 0.2) is 46.9 Å². The molecule has 0 bridgehead atoms. The lowest BCUT2D eigenvalue weighted by molar-refractivity contribution is 0.628. The minimum absolute atomic E-state index is 0.274. The number of nitrogens with two attached hydrogens (primary N) is 1. The first-order valence-corrected chi connectivity index (χ1v) is 6.38. The van der Waals surface area contributed by atoms with Crippen molar-refractivity contribution < 1.29 is 4.39 Å². The Morgan fingerprint density at radius 2 is 1.83 bits per heavy atom. The van der Waals surface area contributed by atoms with E-state index in [2.05, 4.69) is 21.2 Å². The zero-order valence-corrected chi connectivity index (χ0v) is 11.7. The third-order valence-corrected chi connectivity index (χ3v) is 3.08. The Labute approximate surface area is 118 Å². The first-order chi connectivity index (χ1) is 8.56. The van der Waals surface area contributed by atoms with Crippen molar-refractivity contribution in [2.75, 3.05) is 5.32 Å². The first-order valence-electron chi connectivity index (χ1n) is 5.18. The quantitative estimate of drug-likeness (QED) is 0.839. The molecule has 0 aliphatic carbocycles. The summed E-state index contributed by atoms with van der Waals surface area (Å²) in [5.74, 6) is -0.274. The Kier molecular flexibility index (Phi) is 3.93. The van der Waals surface area contributed by atoms with Gasteiger partial charge in [0.1, 0.15) is 10.8 Å². The summed E-state index contributed by atoms with van der Waals surface area (Å²) in [6.45, 7) is 0. The molecule has 0 saturated heterocycles. The van der Waals surface area contributed by atoms with Crippen LogP contribution in [0.1, 0.15) is 5.56 Å². The fourth-order valence-electron chi connectivity index (χ4n) is 1.52. The molecule has 0 aromatic heterocycles. The minimum Gasteiger partial charge on any atom is -0.389 e. The highest BCUT2D eigenvalue weighted by molar-refractivity contribution is 9.10. The van der Waals surface area contributed by atoms with Crippen molar-refractivity contribution in [2.24, 2.45) is 5.73 Å². The molecule has 2 aromatic rings. The molecule has 0 spiro atoms. The van der Waals surface area contributed by atoms with Gasteiger partial charge in [-0.05, 0) is 42.5 Å². The van der Waals surface area contributed by atoms with E-state index in [1.165, 1.54) is 12.1 Å².